The molecule has 1 saturated carbocycles. The van der Waals surface area contributed by atoms with Crippen molar-refractivity contribution in [2.45, 2.75) is 175 Å². The first kappa shape index (κ1) is 55.5. The van der Waals surface area contributed by atoms with Crippen LogP contribution in [0.25, 0.3) is 22.3 Å². The highest BCUT2D eigenvalue weighted by atomic mass is 15.2. The molecular weight excluding hydrogens is 1020 g/mol. The van der Waals surface area contributed by atoms with E-state index in [-0.39, 0.29) is 50.5 Å². The molecule has 1 fully saturated rings. The highest BCUT2D eigenvalue weighted by Crippen LogP contribution is 2.67. The van der Waals surface area contributed by atoms with Gasteiger partial charge < -0.3 is 9.80 Å². The molecule has 3 unspecified atom stereocenters. The first-order chi connectivity index (χ1) is 40.2. The second kappa shape index (κ2) is 18.8. The Morgan fingerprint density at radius 3 is 1.40 bits per heavy atom. The van der Waals surface area contributed by atoms with E-state index in [4.69, 9.17) is 0 Å². The minimum absolute atomic E-state index is 0.0354. The first-order valence-corrected chi connectivity index (χ1v) is 31.9. The Morgan fingerprint density at radius 2 is 0.871 bits per heavy atom. The molecule has 0 spiro atoms. The zero-order valence-electron chi connectivity index (χ0n) is 53.7. The SMILES string of the molecule is Cc1cc2c3c(c1)N(c1ccc(C(C)(C)C)cc1-c1ccccc1)c1cc4c(cc1B3c1ccc(C3c5ccc(C(C)(C)C)cc5C5(C)CCCCC35C)cc1N2c1ccc(C(C)(C)C)cc1-c1ccccc1)C(C)(C)c1ccccc1C4(C)C. The van der Waals surface area contributed by atoms with Crippen LogP contribution in [0.15, 0.2) is 182 Å². The number of rotatable bonds is 5. The van der Waals surface area contributed by atoms with E-state index in [1.807, 2.05) is 0 Å². The summed E-state index contributed by atoms with van der Waals surface area (Å²) in [7, 11) is 0. The minimum Gasteiger partial charge on any atom is -0.311 e. The average Bonchev–Trinajstić information content (AvgIpc) is 1.33. The van der Waals surface area contributed by atoms with Crippen LogP contribution in [0.2, 0.25) is 0 Å². The standard InChI is InChI=1S/C82H87BN2/c1-51-43-72-75-73(44-51)85(69-40-36-56(77(5,6)7)47-60(69)53-29-21-18-22-30-53)71-50-65-64(79(11,12)61-31-23-24-32-62(61)80(65,13)14)49-67(71)83(75)66-38-33-54(74-58-37-34-57(78(8,9)10)48-63(58)81(15)41-25-26-42-82(74,81)16)45-70(66)84(72)68-39-35-55(76(2,3)4)46-59(68)52-27-19-17-20-28-52/h17-24,27-40,43-50,74H,25-26,41-42H2,1-16H3. The maximum absolute atomic E-state index is 2.74. The third-order valence-electron chi connectivity index (χ3n) is 22.1. The lowest BCUT2D eigenvalue weighted by Gasteiger charge is -2.50. The van der Waals surface area contributed by atoms with Crippen molar-refractivity contribution in [3.8, 4) is 22.3 Å². The summed E-state index contributed by atoms with van der Waals surface area (Å²) >= 11 is 0. The van der Waals surface area contributed by atoms with E-state index in [2.05, 4.69) is 303 Å². The molecule has 85 heavy (non-hydrogen) atoms. The molecule has 3 atom stereocenters. The number of aryl methyl sites for hydroxylation is 1. The highest BCUT2D eigenvalue weighted by molar-refractivity contribution is 7.00. The van der Waals surface area contributed by atoms with Crippen LogP contribution in [-0.2, 0) is 32.5 Å². The van der Waals surface area contributed by atoms with Gasteiger partial charge in [-0.1, -0.05) is 250 Å². The maximum atomic E-state index is 2.74. The molecule has 0 radical (unpaired) electrons. The van der Waals surface area contributed by atoms with Crippen LogP contribution in [0, 0.1) is 12.3 Å². The lowest BCUT2D eigenvalue weighted by atomic mass is 9.33. The van der Waals surface area contributed by atoms with E-state index in [1.54, 1.807) is 5.56 Å². The molecule has 9 aromatic rings. The summed E-state index contributed by atoms with van der Waals surface area (Å²) in [5.74, 6) is 0.233. The lowest BCUT2D eigenvalue weighted by molar-refractivity contribution is 0.0923. The fraction of sp³-hybridized carbons (Fsp3) is 0.341. The Balaban J connectivity index is 1.11. The molecule has 2 heterocycles. The Kier molecular flexibility index (Phi) is 12.3. The normalized spacial score (nSPS) is 20.6. The van der Waals surface area contributed by atoms with Crippen LogP contribution < -0.4 is 26.2 Å². The molecule has 2 nitrogen and oxygen atoms in total. The smallest absolute Gasteiger partial charge is 0.252 e. The molecule has 0 aromatic heterocycles. The van der Waals surface area contributed by atoms with Gasteiger partial charge in [-0.3, -0.25) is 0 Å². The van der Waals surface area contributed by atoms with Crippen molar-refractivity contribution in [3.63, 3.8) is 0 Å². The summed E-state index contributed by atoms with van der Waals surface area (Å²) in [4.78, 5) is 5.45. The molecule has 0 N–H and O–H groups in total. The number of benzene rings is 9. The molecule has 0 bridgehead atoms. The number of nitrogens with zero attached hydrogens (tertiary/aromatic N) is 2. The molecule has 0 amide bonds. The summed E-state index contributed by atoms with van der Waals surface area (Å²) in [5, 5.41) is 0. The van der Waals surface area contributed by atoms with Crippen molar-refractivity contribution >= 4 is 57.2 Å². The van der Waals surface area contributed by atoms with Crippen LogP contribution in [0.1, 0.15) is 197 Å². The fourth-order valence-electron chi connectivity index (χ4n) is 17.0. The molecule has 14 rings (SSSR count). The highest BCUT2D eigenvalue weighted by Gasteiger charge is 2.59. The van der Waals surface area contributed by atoms with E-state index < -0.39 is 0 Å². The second-order valence-electron chi connectivity index (χ2n) is 31.0. The van der Waals surface area contributed by atoms with Crippen molar-refractivity contribution in [1.82, 2.24) is 0 Å². The monoisotopic (exact) mass is 1110 g/mol. The summed E-state index contributed by atoms with van der Waals surface area (Å²) < 4.78 is 0. The second-order valence-corrected chi connectivity index (χ2v) is 31.0. The maximum Gasteiger partial charge on any atom is 0.252 e. The van der Waals surface area contributed by atoms with Crippen LogP contribution >= 0.6 is 0 Å². The van der Waals surface area contributed by atoms with Gasteiger partial charge >= 0.3 is 0 Å². The van der Waals surface area contributed by atoms with E-state index in [0.717, 1.165) is 0 Å². The molecule has 428 valence electrons. The Morgan fingerprint density at radius 1 is 0.400 bits per heavy atom. The van der Waals surface area contributed by atoms with Crippen LogP contribution in [-0.4, -0.2) is 6.71 Å². The predicted molar refractivity (Wildman–Crippen MR) is 365 cm³/mol. The van der Waals surface area contributed by atoms with Crippen LogP contribution in [0.5, 0.6) is 0 Å². The molecule has 2 aliphatic heterocycles. The van der Waals surface area contributed by atoms with Crippen molar-refractivity contribution in [1.29, 1.82) is 0 Å². The zero-order valence-corrected chi connectivity index (χ0v) is 53.7. The summed E-state index contributed by atoms with van der Waals surface area (Å²) in [6, 6.07) is 72.5. The zero-order chi connectivity index (χ0) is 59.7. The number of hydrogen-bond donors (Lipinski definition) is 0. The quantitative estimate of drug-likeness (QED) is 0.159. The molecule has 5 aliphatic rings. The van der Waals surface area contributed by atoms with Gasteiger partial charge in [-0.05, 0) is 184 Å². The largest absolute Gasteiger partial charge is 0.311 e. The van der Waals surface area contributed by atoms with Gasteiger partial charge in [0.1, 0.15) is 0 Å². The Hall–Kier alpha value is -7.36. The van der Waals surface area contributed by atoms with E-state index >= 15 is 0 Å². The van der Waals surface area contributed by atoms with Gasteiger partial charge in [-0.15, -0.1) is 0 Å². The van der Waals surface area contributed by atoms with Gasteiger partial charge in [0.05, 0.1) is 11.4 Å². The predicted octanol–water partition coefficient (Wildman–Crippen LogP) is 20.3. The summed E-state index contributed by atoms with van der Waals surface area (Å²) in [6.07, 6.45) is 4.96. The summed E-state index contributed by atoms with van der Waals surface area (Å²) in [6.45, 7) is 38.7. The number of anilines is 6. The third-order valence-corrected chi connectivity index (χ3v) is 22.1. The fourth-order valence-corrected chi connectivity index (χ4v) is 17.0. The van der Waals surface area contributed by atoms with Gasteiger partial charge in [-0.2, -0.15) is 0 Å². The molecule has 0 saturated heterocycles. The van der Waals surface area contributed by atoms with Gasteiger partial charge in [0.2, 0.25) is 0 Å². The van der Waals surface area contributed by atoms with Gasteiger partial charge in [0, 0.05) is 50.6 Å². The van der Waals surface area contributed by atoms with Crippen molar-refractivity contribution < 1.29 is 0 Å². The van der Waals surface area contributed by atoms with Gasteiger partial charge in [0.25, 0.3) is 6.71 Å². The Bertz CT molecular complexity index is 4200. The van der Waals surface area contributed by atoms with Gasteiger partial charge in [0.15, 0.2) is 0 Å². The van der Waals surface area contributed by atoms with E-state index in [1.165, 1.54) is 154 Å². The van der Waals surface area contributed by atoms with E-state index in [0.29, 0.717) is 0 Å². The lowest BCUT2D eigenvalue weighted by Crippen LogP contribution is -2.62. The van der Waals surface area contributed by atoms with Crippen molar-refractivity contribution in [2.75, 3.05) is 9.80 Å². The Labute approximate surface area is 509 Å². The van der Waals surface area contributed by atoms with Crippen LogP contribution in [0.4, 0.5) is 34.1 Å². The van der Waals surface area contributed by atoms with Crippen LogP contribution in [0.3, 0.4) is 0 Å². The van der Waals surface area contributed by atoms with Crippen molar-refractivity contribution in [2.24, 2.45) is 5.41 Å². The molecule has 3 aliphatic carbocycles. The van der Waals surface area contributed by atoms with Crippen molar-refractivity contribution in [3.05, 3.63) is 243 Å². The first-order valence-electron chi connectivity index (χ1n) is 31.9. The topological polar surface area (TPSA) is 6.48 Å². The third kappa shape index (κ3) is 8.24. The van der Waals surface area contributed by atoms with E-state index in [9.17, 15) is 0 Å². The number of fused-ring (bicyclic) bond motifs is 9. The summed E-state index contributed by atoms with van der Waals surface area (Å²) in [5.41, 5.74) is 31.6. The minimum atomic E-state index is -0.253. The molecule has 9 aromatic carbocycles. The number of hydrogen-bond acceptors (Lipinski definition) is 2. The molecule has 3 heteroatoms. The molecular formula is C82H87BN2. The average molecular weight is 1110 g/mol. The van der Waals surface area contributed by atoms with Gasteiger partial charge in [-0.25, -0.2) is 0 Å².